The molecular weight excluding hydrogens is 391 g/mol. The molecule has 1 N–H and O–H groups in total. The fourth-order valence-electron chi connectivity index (χ4n) is 3.13. The van der Waals surface area contributed by atoms with Crippen LogP contribution in [-0.2, 0) is 5.54 Å². The monoisotopic (exact) mass is 404 g/mol. The number of nitrogens with one attached hydrogen (secondary N) is 1. The Morgan fingerprint density at radius 3 is 2.65 bits per heavy atom. The molecule has 1 aromatic heterocycles. The molecule has 132 valence electrons. The van der Waals surface area contributed by atoms with E-state index < -0.39 is 0 Å². The van der Waals surface area contributed by atoms with Gasteiger partial charge < -0.3 is 14.8 Å². The van der Waals surface area contributed by atoms with E-state index in [2.05, 4.69) is 17.4 Å². The van der Waals surface area contributed by atoms with Crippen molar-refractivity contribution < 1.29 is 9.47 Å². The zero-order valence-electron chi connectivity index (χ0n) is 13.6. The minimum atomic E-state index is -0.0757. The van der Waals surface area contributed by atoms with Gasteiger partial charge in [0.15, 0.2) is 16.6 Å². The molecule has 1 aliphatic carbocycles. The number of benzene rings is 2. The summed E-state index contributed by atoms with van der Waals surface area (Å²) < 4.78 is 10.9. The summed E-state index contributed by atoms with van der Waals surface area (Å²) in [6, 6.07) is 11.7. The minimum absolute atomic E-state index is 0.0757. The second-order valence-corrected chi connectivity index (χ2v) is 8.11. The van der Waals surface area contributed by atoms with E-state index in [-0.39, 0.29) is 5.54 Å². The lowest BCUT2D eigenvalue weighted by Gasteiger charge is -2.17. The lowest BCUT2D eigenvalue weighted by Crippen LogP contribution is -2.18. The first kappa shape index (κ1) is 16.2. The predicted molar refractivity (Wildman–Crippen MR) is 105 cm³/mol. The van der Waals surface area contributed by atoms with Crippen LogP contribution >= 0.6 is 34.5 Å². The second-order valence-electron chi connectivity index (χ2n) is 6.44. The largest absolute Gasteiger partial charge is 0.454 e. The lowest BCUT2D eigenvalue weighted by atomic mass is 10.0. The molecular formula is C19H14Cl2N2O2S. The fourth-order valence-corrected chi connectivity index (χ4v) is 4.24. The minimum Gasteiger partial charge on any atom is -0.454 e. The van der Waals surface area contributed by atoms with Gasteiger partial charge in [-0.3, -0.25) is 0 Å². The van der Waals surface area contributed by atoms with Crippen molar-refractivity contribution in [2.45, 2.75) is 18.4 Å². The van der Waals surface area contributed by atoms with Crippen LogP contribution in [0.2, 0.25) is 10.0 Å². The van der Waals surface area contributed by atoms with Gasteiger partial charge in [-0.05, 0) is 42.7 Å². The summed E-state index contributed by atoms with van der Waals surface area (Å²) >= 11 is 13.7. The molecule has 0 amide bonds. The van der Waals surface area contributed by atoms with Gasteiger partial charge in [-0.25, -0.2) is 4.98 Å². The van der Waals surface area contributed by atoms with Gasteiger partial charge in [-0.15, -0.1) is 11.3 Å². The van der Waals surface area contributed by atoms with Crippen molar-refractivity contribution in [3.8, 4) is 22.8 Å². The smallest absolute Gasteiger partial charge is 0.231 e. The standard InChI is InChI=1S/C19H14Cl2N2O2S/c20-13-3-1-11(7-14(13)21)15-9-26-18(22-15)23-19(5-6-19)12-2-4-16-17(8-12)25-10-24-16/h1-4,7-9H,5-6,10H2,(H,22,23). The van der Waals surface area contributed by atoms with E-state index in [1.165, 1.54) is 5.56 Å². The van der Waals surface area contributed by atoms with E-state index in [4.69, 9.17) is 37.7 Å². The summed E-state index contributed by atoms with van der Waals surface area (Å²) in [7, 11) is 0. The molecule has 26 heavy (non-hydrogen) atoms. The van der Waals surface area contributed by atoms with E-state index in [0.29, 0.717) is 16.8 Å². The van der Waals surface area contributed by atoms with Gasteiger partial charge in [0.25, 0.3) is 0 Å². The molecule has 4 nitrogen and oxygen atoms in total. The molecule has 2 aromatic carbocycles. The Bertz CT molecular complexity index is 1000. The Morgan fingerprint density at radius 1 is 1.00 bits per heavy atom. The molecule has 1 fully saturated rings. The SMILES string of the molecule is Clc1ccc(-c2csc(NC3(c4ccc5c(c4)OCO5)CC3)n2)cc1Cl. The molecule has 0 bridgehead atoms. The van der Waals surface area contributed by atoms with Gasteiger partial charge >= 0.3 is 0 Å². The van der Waals surface area contributed by atoms with Crippen LogP contribution in [0.25, 0.3) is 11.3 Å². The normalized spacial score (nSPS) is 16.5. The number of nitrogens with zero attached hydrogens (tertiary/aromatic N) is 1. The van der Waals surface area contributed by atoms with Crippen LogP contribution in [0, 0.1) is 0 Å². The van der Waals surface area contributed by atoms with Gasteiger partial charge in [-0.2, -0.15) is 0 Å². The Kier molecular flexibility index (Phi) is 3.78. The summed E-state index contributed by atoms with van der Waals surface area (Å²) in [5.41, 5.74) is 2.97. The molecule has 0 radical (unpaired) electrons. The van der Waals surface area contributed by atoms with E-state index in [9.17, 15) is 0 Å². The zero-order chi connectivity index (χ0) is 17.7. The highest BCUT2D eigenvalue weighted by molar-refractivity contribution is 7.14. The van der Waals surface area contributed by atoms with E-state index in [1.54, 1.807) is 17.4 Å². The highest BCUT2D eigenvalue weighted by atomic mass is 35.5. The molecule has 3 aromatic rings. The summed E-state index contributed by atoms with van der Waals surface area (Å²) in [6.07, 6.45) is 2.13. The first-order chi connectivity index (χ1) is 12.6. The molecule has 0 unspecified atom stereocenters. The van der Waals surface area contributed by atoms with Crippen molar-refractivity contribution in [1.29, 1.82) is 0 Å². The molecule has 7 heteroatoms. The number of hydrogen-bond acceptors (Lipinski definition) is 5. The molecule has 2 aliphatic rings. The highest BCUT2D eigenvalue weighted by Gasteiger charge is 2.45. The third-order valence-corrected chi connectivity index (χ3v) is 6.24. The molecule has 1 aliphatic heterocycles. The Hall–Kier alpha value is -1.95. The zero-order valence-corrected chi connectivity index (χ0v) is 15.9. The van der Waals surface area contributed by atoms with Crippen molar-refractivity contribution in [2.75, 3.05) is 12.1 Å². The van der Waals surface area contributed by atoms with Crippen LogP contribution in [0.15, 0.2) is 41.8 Å². The van der Waals surface area contributed by atoms with Crippen molar-refractivity contribution in [2.24, 2.45) is 0 Å². The first-order valence-corrected chi connectivity index (χ1v) is 9.86. The average Bonchev–Trinajstić information content (AvgIpc) is 3.06. The van der Waals surface area contributed by atoms with Gasteiger partial charge in [0.05, 0.1) is 21.3 Å². The average molecular weight is 405 g/mol. The number of anilines is 1. The quantitative estimate of drug-likeness (QED) is 0.583. The van der Waals surface area contributed by atoms with E-state index >= 15 is 0 Å². The van der Waals surface area contributed by atoms with E-state index in [1.807, 2.05) is 23.6 Å². The predicted octanol–water partition coefficient (Wildman–Crippen LogP) is 5.95. The van der Waals surface area contributed by atoms with Crippen molar-refractivity contribution in [1.82, 2.24) is 4.98 Å². The third-order valence-electron chi connectivity index (χ3n) is 4.74. The van der Waals surface area contributed by atoms with Crippen LogP contribution in [0.3, 0.4) is 0 Å². The van der Waals surface area contributed by atoms with Gasteiger partial charge in [0, 0.05) is 10.9 Å². The number of hydrogen-bond donors (Lipinski definition) is 1. The molecule has 0 saturated heterocycles. The third kappa shape index (κ3) is 2.80. The Labute approximate surface area is 164 Å². The van der Waals surface area contributed by atoms with Crippen LogP contribution in [0.1, 0.15) is 18.4 Å². The maximum atomic E-state index is 6.12. The van der Waals surface area contributed by atoms with Crippen LogP contribution in [-0.4, -0.2) is 11.8 Å². The Balaban J connectivity index is 1.40. The number of ether oxygens (including phenoxy) is 2. The molecule has 5 rings (SSSR count). The molecule has 0 spiro atoms. The maximum absolute atomic E-state index is 6.12. The van der Waals surface area contributed by atoms with Gasteiger partial charge in [0.1, 0.15) is 0 Å². The second kappa shape index (κ2) is 6.05. The van der Waals surface area contributed by atoms with Gasteiger partial charge in [-0.1, -0.05) is 35.3 Å². The van der Waals surface area contributed by atoms with Crippen molar-refractivity contribution >= 4 is 39.7 Å². The summed E-state index contributed by atoms with van der Waals surface area (Å²) in [6.45, 7) is 0.290. The lowest BCUT2D eigenvalue weighted by molar-refractivity contribution is 0.174. The van der Waals surface area contributed by atoms with Gasteiger partial charge in [0.2, 0.25) is 6.79 Å². The number of aromatic nitrogens is 1. The topological polar surface area (TPSA) is 43.4 Å². The van der Waals surface area contributed by atoms with Crippen LogP contribution in [0.4, 0.5) is 5.13 Å². The Morgan fingerprint density at radius 2 is 1.85 bits per heavy atom. The number of halogens is 2. The molecule has 0 atom stereocenters. The van der Waals surface area contributed by atoms with Crippen LogP contribution < -0.4 is 14.8 Å². The molecule has 2 heterocycles. The summed E-state index contributed by atoms with van der Waals surface area (Å²) in [5, 5.41) is 7.60. The molecule has 1 saturated carbocycles. The number of fused-ring (bicyclic) bond motifs is 1. The summed E-state index contributed by atoms with van der Waals surface area (Å²) in [5.74, 6) is 1.62. The first-order valence-electron chi connectivity index (χ1n) is 8.22. The maximum Gasteiger partial charge on any atom is 0.231 e. The summed E-state index contributed by atoms with van der Waals surface area (Å²) in [4.78, 5) is 4.72. The number of thiazole rings is 1. The van der Waals surface area contributed by atoms with E-state index in [0.717, 1.165) is 40.7 Å². The highest BCUT2D eigenvalue weighted by Crippen LogP contribution is 2.51. The number of rotatable bonds is 4. The van der Waals surface area contributed by atoms with Crippen molar-refractivity contribution in [3.63, 3.8) is 0 Å². The fraction of sp³-hybridized carbons (Fsp3) is 0.211. The van der Waals surface area contributed by atoms with Crippen molar-refractivity contribution in [3.05, 3.63) is 57.4 Å². The van der Waals surface area contributed by atoms with Crippen LogP contribution in [0.5, 0.6) is 11.5 Å².